The summed E-state index contributed by atoms with van der Waals surface area (Å²) in [5.41, 5.74) is 1.19. The Morgan fingerprint density at radius 3 is 1.78 bits per heavy atom. The molecule has 9 heavy (non-hydrogen) atoms. The summed E-state index contributed by atoms with van der Waals surface area (Å²) in [7, 11) is 0. The second kappa shape index (κ2) is 1.34. The molecule has 52 valence electrons. The van der Waals surface area contributed by atoms with Gasteiger partial charge in [-0.25, -0.2) is 0 Å². The summed E-state index contributed by atoms with van der Waals surface area (Å²) >= 11 is 0. The van der Waals surface area contributed by atoms with Crippen LogP contribution in [0.4, 0.5) is 0 Å². The van der Waals surface area contributed by atoms with Gasteiger partial charge in [0, 0.05) is 5.54 Å². The van der Waals surface area contributed by atoms with Crippen LogP contribution in [0.15, 0.2) is 0 Å². The molecule has 1 nitrogen and oxygen atoms in total. The van der Waals surface area contributed by atoms with Crippen molar-refractivity contribution < 1.29 is 0 Å². The van der Waals surface area contributed by atoms with E-state index in [-0.39, 0.29) is 0 Å². The Labute approximate surface area is 56.8 Å². The van der Waals surface area contributed by atoms with E-state index in [9.17, 15) is 0 Å². The Balaban J connectivity index is 2.13. The van der Waals surface area contributed by atoms with Crippen LogP contribution in [0.25, 0.3) is 0 Å². The predicted octanol–water partition coefficient (Wildman–Crippen LogP) is 1.54. The Kier molecular flexibility index (Phi) is 0.852. The number of hydrogen-bond donors (Lipinski definition) is 1. The van der Waals surface area contributed by atoms with Crippen LogP contribution < -0.4 is 5.32 Å². The van der Waals surface area contributed by atoms with E-state index in [1.807, 2.05) is 0 Å². The molecule has 0 aromatic heterocycles. The van der Waals surface area contributed by atoms with Crippen molar-refractivity contribution in [3.8, 4) is 0 Å². The van der Waals surface area contributed by atoms with Crippen LogP contribution >= 0.6 is 0 Å². The molecule has 1 unspecified atom stereocenters. The van der Waals surface area contributed by atoms with Gasteiger partial charge in [-0.05, 0) is 31.2 Å². The monoisotopic (exact) mass is 125 g/mol. The second-order valence-electron chi connectivity index (χ2n) is 4.14. The maximum atomic E-state index is 3.55. The smallest absolute Gasteiger partial charge is 0.0244 e. The molecule has 1 spiro atoms. The van der Waals surface area contributed by atoms with E-state index < -0.39 is 0 Å². The molecule has 1 heteroatoms. The minimum atomic E-state index is 0.590. The fourth-order valence-corrected chi connectivity index (χ4v) is 2.14. The van der Waals surface area contributed by atoms with Gasteiger partial charge in [-0.3, -0.25) is 0 Å². The Morgan fingerprint density at radius 1 is 1.11 bits per heavy atom. The first-order valence-electron chi connectivity index (χ1n) is 3.91. The molecule has 0 aromatic rings. The lowest BCUT2D eigenvalue weighted by molar-refractivity contribution is -0.0516. The first kappa shape index (κ1) is 5.72. The highest BCUT2D eigenvalue weighted by molar-refractivity contribution is 5.13. The van der Waals surface area contributed by atoms with Crippen molar-refractivity contribution in [2.24, 2.45) is 5.41 Å². The molecule has 1 aliphatic carbocycles. The molecular weight excluding hydrogens is 110 g/mol. The van der Waals surface area contributed by atoms with Gasteiger partial charge >= 0.3 is 0 Å². The van der Waals surface area contributed by atoms with Crippen molar-refractivity contribution in [2.45, 2.75) is 38.6 Å². The molecule has 2 rings (SSSR count). The molecule has 0 radical (unpaired) electrons. The fraction of sp³-hybridized carbons (Fsp3) is 1.00. The van der Waals surface area contributed by atoms with Crippen molar-refractivity contribution >= 4 is 0 Å². The molecule has 0 bridgehead atoms. The summed E-state index contributed by atoms with van der Waals surface area (Å²) in [6.07, 6.45) is 4.25. The van der Waals surface area contributed by atoms with Gasteiger partial charge in [0.25, 0.3) is 0 Å². The van der Waals surface area contributed by atoms with E-state index in [0.29, 0.717) is 11.0 Å². The zero-order valence-corrected chi connectivity index (χ0v) is 6.33. The van der Waals surface area contributed by atoms with Gasteiger partial charge in [-0.15, -0.1) is 0 Å². The van der Waals surface area contributed by atoms with Crippen molar-refractivity contribution in [2.75, 3.05) is 6.54 Å². The first-order valence-corrected chi connectivity index (χ1v) is 3.91. The van der Waals surface area contributed by atoms with Crippen molar-refractivity contribution in [3.05, 3.63) is 0 Å². The van der Waals surface area contributed by atoms with E-state index in [4.69, 9.17) is 0 Å². The second-order valence-corrected chi connectivity index (χ2v) is 4.14. The number of nitrogens with one attached hydrogen (secondary N) is 1. The van der Waals surface area contributed by atoms with Crippen LogP contribution in [0.2, 0.25) is 0 Å². The van der Waals surface area contributed by atoms with Crippen LogP contribution in [0, 0.1) is 5.41 Å². The summed E-state index contributed by atoms with van der Waals surface area (Å²) < 4.78 is 0. The van der Waals surface area contributed by atoms with Crippen LogP contribution in [-0.4, -0.2) is 12.1 Å². The molecule has 2 fully saturated rings. The normalized spacial score (nSPS) is 46.0. The Hall–Kier alpha value is -0.0400. The Morgan fingerprint density at radius 2 is 1.78 bits per heavy atom. The fourth-order valence-electron chi connectivity index (χ4n) is 2.14. The van der Waals surface area contributed by atoms with Crippen LogP contribution in [0.5, 0.6) is 0 Å². The van der Waals surface area contributed by atoms with E-state index >= 15 is 0 Å². The van der Waals surface area contributed by atoms with E-state index in [1.54, 1.807) is 0 Å². The average Bonchev–Trinajstić information content (AvgIpc) is 1.59. The van der Waals surface area contributed by atoms with Gasteiger partial charge in [0.05, 0.1) is 0 Å². The van der Waals surface area contributed by atoms with Crippen LogP contribution in [0.3, 0.4) is 0 Å². The maximum Gasteiger partial charge on any atom is 0.0244 e. The number of rotatable bonds is 0. The standard InChI is InChI=1S/C8H15N/c1-7(2)3-4-8(7)5-6-9-8/h9H,3-6H2,1-2H3. The average molecular weight is 125 g/mol. The van der Waals surface area contributed by atoms with Crippen LogP contribution in [0.1, 0.15) is 33.1 Å². The summed E-state index contributed by atoms with van der Waals surface area (Å²) in [6.45, 7) is 6.01. The van der Waals surface area contributed by atoms with E-state index in [1.165, 1.54) is 25.8 Å². The van der Waals surface area contributed by atoms with Gasteiger partial charge in [-0.1, -0.05) is 13.8 Å². The third kappa shape index (κ3) is 0.493. The third-order valence-electron chi connectivity index (χ3n) is 3.49. The summed E-state index contributed by atoms with van der Waals surface area (Å²) in [4.78, 5) is 0. The molecule has 1 saturated heterocycles. The van der Waals surface area contributed by atoms with Gasteiger partial charge in [0.1, 0.15) is 0 Å². The maximum absolute atomic E-state index is 3.55. The van der Waals surface area contributed by atoms with Crippen molar-refractivity contribution in [3.63, 3.8) is 0 Å². The SMILES string of the molecule is CC1(C)CCC12CCN2. The topological polar surface area (TPSA) is 12.0 Å². The third-order valence-corrected chi connectivity index (χ3v) is 3.49. The quantitative estimate of drug-likeness (QED) is 0.518. The zero-order chi connectivity index (χ0) is 6.54. The van der Waals surface area contributed by atoms with E-state index in [2.05, 4.69) is 19.2 Å². The predicted molar refractivity (Wildman–Crippen MR) is 38.4 cm³/mol. The van der Waals surface area contributed by atoms with Gasteiger partial charge in [0.15, 0.2) is 0 Å². The summed E-state index contributed by atoms with van der Waals surface area (Å²) in [5.74, 6) is 0. The molecule has 1 heterocycles. The van der Waals surface area contributed by atoms with Crippen molar-refractivity contribution in [1.82, 2.24) is 5.32 Å². The lowest BCUT2D eigenvalue weighted by Crippen LogP contribution is -2.70. The lowest BCUT2D eigenvalue weighted by atomic mass is 9.52. The molecule has 1 saturated carbocycles. The molecule has 2 aliphatic rings. The highest BCUT2D eigenvalue weighted by atomic mass is 15.1. The minimum Gasteiger partial charge on any atom is -0.311 e. The van der Waals surface area contributed by atoms with Crippen LogP contribution in [-0.2, 0) is 0 Å². The Bertz CT molecular complexity index is 128. The van der Waals surface area contributed by atoms with Crippen molar-refractivity contribution in [1.29, 1.82) is 0 Å². The number of hydrogen-bond acceptors (Lipinski definition) is 1. The molecule has 1 atom stereocenters. The lowest BCUT2D eigenvalue weighted by Gasteiger charge is -2.62. The summed E-state index contributed by atoms with van der Waals surface area (Å²) in [5, 5.41) is 3.55. The molecule has 0 amide bonds. The van der Waals surface area contributed by atoms with Gasteiger partial charge < -0.3 is 5.32 Å². The molecular formula is C8H15N. The van der Waals surface area contributed by atoms with Gasteiger partial charge in [-0.2, -0.15) is 0 Å². The first-order chi connectivity index (χ1) is 4.16. The highest BCUT2D eigenvalue weighted by Crippen LogP contribution is 2.54. The molecule has 0 aromatic carbocycles. The zero-order valence-electron chi connectivity index (χ0n) is 6.33. The highest BCUT2D eigenvalue weighted by Gasteiger charge is 2.55. The molecule has 1 aliphatic heterocycles. The van der Waals surface area contributed by atoms with Gasteiger partial charge in [0.2, 0.25) is 0 Å². The molecule has 1 N–H and O–H groups in total. The summed E-state index contributed by atoms with van der Waals surface area (Å²) in [6, 6.07) is 0. The van der Waals surface area contributed by atoms with E-state index in [0.717, 1.165) is 0 Å². The largest absolute Gasteiger partial charge is 0.311 e. The minimum absolute atomic E-state index is 0.590.